The third-order valence-electron chi connectivity index (χ3n) is 8.26. The number of nitrogens with zero attached hydrogens (tertiary/aromatic N) is 2. The molecule has 1 heterocycles. The summed E-state index contributed by atoms with van der Waals surface area (Å²) in [6.07, 6.45) is 5.20. The zero-order valence-electron chi connectivity index (χ0n) is 19.6. The number of carbonyl (C=O) groups is 4. The lowest BCUT2D eigenvalue weighted by atomic mass is 9.63. The Hall–Kier alpha value is -2.67. The molecule has 0 N–H and O–H groups in total. The molecule has 0 aromatic heterocycles. The summed E-state index contributed by atoms with van der Waals surface area (Å²) >= 11 is 18.2. The summed E-state index contributed by atoms with van der Waals surface area (Å²) in [6.45, 7) is 0. The van der Waals surface area contributed by atoms with E-state index in [1.165, 1.54) is 12.1 Å². The van der Waals surface area contributed by atoms with Crippen molar-refractivity contribution in [3.8, 4) is 0 Å². The van der Waals surface area contributed by atoms with Crippen LogP contribution in [0.25, 0.3) is 0 Å². The summed E-state index contributed by atoms with van der Waals surface area (Å²) < 4.78 is 0. The van der Waals surface area contributed by atoms with Gasteiger partial charge in [-0.2, -0.15) is 5.01 Å². The van der Waals surface area contributed by atoms with Gasteiger partial charge in [-0.3, -0.25) is 19.2 Å². The van der Waals surface area contributed by atoms with Crippen molar-refractivity contribution in [3.05, 3.63) is 81.9 Å². The van der Waals surface area contributed by atoms with Gasteiger partial charge in [0, 0.05) is 27.1 Å². The zero-order chi connectivity index (χ0) is 26.0. The van der Waals surface area contributed by atoms with E-state index >= 15 is 0 Å². The van der Waals surface area contributed by atoms with Gasteiger partial charge in [-0.05, 0) is 85.0 Å². The van der Waals surface area contributed by atoms with E-state index in [2.05, 4.69) is 12.2 Å². The van der Waals surface area contributed by atoms with Gasteiger partial charge in [-0.25, -0.2) is 5.01 Å². The number of hydrogen-bond acceptors (Lipinski definition) is 4. The number of hydrogen-bond donors (Lipinski definition) is 0. The number of allylic oxidation sites excluding steroid dienone is 2. The van der Waals surface area contributed by atoms with Crippen LogP contribution in [0.5, 0.6) is 0 Å². The largest absolute Gasteiger partial charge is 0.292 e. The molecule has 37 heavy (non-hydrogen) atoms. The van der Waals surface area contributed by atoms with Gasteiger partial charge < -0.3 is 0 Å². The average molecular weight is 558 g/mol. The van der Waals surface area contributed by atoms with Crippen LogP contribution >= 0.6 is 34.8 Å². The van der Waals surface area contributed by atoms with Gasteiger partial charge >= 0.3 is 0 Å². The Morgan fingerprint density at radius 1 is 0.838 bits per heavy atom. The molecule has 7 rings (SSSR count). The van der Waals surface area contributed by atoms with Crippen molar-refractivity contribution in [1.29, 1.82) is 0 Å². The molecule has 2 saturated carbocycles. The minimum absolute atomic E-state index is 0.0209. The average Bonchev–Trinajstić information content (AvgIpc) is 3.68. The van der Waals surface area contributed by atoms with Crippen molar-refractivity contribution >= 4 is 58.3 Å². The maximum atomic E-state index is 14.0. The molecule has 6 nitrogen and oxygen atoms in total. The van der Waals surface area contributed by atoms with Crippen LogP contribution in [0.1, 0.15) is 33.6 Å². The summed E-state index contributed by atoms with van der Waals surface area (Å²) in [5.41, 5.74) is 0.500. The van der Waals surface area contributed by atoms with E-state index < -0.39 is 41.4 Å². The Balaban J connectivity index is 1.43. The van der Waals surface area contributed by atoms with Gasteiger partial charge in [0.15, 0.2) is 5.78 Å². The first-order valence-corrected chi connectivity index (χ1v) is 13.6. The summed E-state index contributed by atoms with van der Waals surface area (Å²) in [5, 5.41) is 2.89. The SMILES string of the molecule is O=C(c1ccc(Cl)cc1)[C@H](CCCl)N(C(=O)c1ccc(Cl)cc1)N1C(=O)[C@@H]2[C@H]3C=C[C@@H]([C@@H]4C[C@H]34)[C@@H]2C1=O. The van der Waals surface area contributed by atoms with Crippen LogP contribution in [-0.2, 0) is 9.59 Å². The standard InChI is InChI=1S/C28H23Cl3N2O4/c29-12-11-22(25(34)14-1-5-16(30)6-2-14)32(26(35)15-3-7-17(31)8-4-15)33-27(36)23-18-9-10-19(21-13-20(18)21)24(23)28(33)37/h1-10,18-24H,11-13H2/t18-,19-,20-,21+,22-,23-,24+/m0/s1. The lowest BCUT2D eigenvalue weighted by Gasteiger charge is -2.37. The first kappa shape index (κ1) is 24.7. The molecule has 0 spiro atoms. The topological polar surface area (TPSA) is 74.8 Å². The molecular weight excluding hydrogens is 535 g/mol. The van der Waals surface area contributed by atoms with Crippen LogP contribution in [0, 0.1) is 35.5 Å². The Bertz CT molecular complexity index is 1290. The Morgan fingerprint density at radius 2 is 1.32 bits per heavy atom. The second-order valence-corrected chi connectivity index (χ2v) is 11.4. The highest BCUT2D eigenvalue weighted by Gasteiger charge is 2.68. The van der Waals surface area contributed by atoms with Gasteiger partial charge in [0.1, 0.15) is 6.04 Å². The van der Waals surface area contributed by atoms with Crippen LogP contribution in [0.4, 0.5) is 0 Å². The van der Waals surface area contributed by atoms with Gasteiger partial charge in [0.25, 0.3) is 17.7 Å². The van der Waals surface area contributed by atoms with Crippen LogP contribution in [0.3, 0.4) is 0 Å². The number of halogens is 3. The highest BCUT2D eigenvalue weighted by molar-refractivity contribution is 6.31. The van der Waals surface area contributed by atoms with Crippen molar-refractivity contribution in [1.82, 2.24) is 10.0 Å². The van der Waals surface area contributed by atoms with E-state index in [0.717, 1.165) is 16.4 Å². The molecule has 3 amide bonds. The third kappa shape index (κ3) is 3.92. The maximum Gasteiger partial charge on any atom is 0.273 e. The fourth-order valence-corrected chi connectivity index (χ4v) is 6.98. The normalized spacial score (nSPS) is 29.6. The highest BCUT2D eigenvalue weighted by Crippen LogP contribution is 2.65. The summed E-state index contributed by atoms with van der Waals surface area (Å²) in [7, 11) is 0. The van der Waals surface area contributed by atoms with Gasteiger partial charge in [-0.15, -0.1) is 11.6 Å². The number of hydrazine groups is 1. The van der Waals surface area contributed by atoms with E-state index in [1.54, 1.807) is 36.4 Å². The molecule has 2 bridgehead atoms. The molecule has 1 aliphatic heterocycles. The number of alkyl halides is 1. The number of carbonyl (C=O) groups excluding carboxylic acids is 4. The smallest absolute Gasteiger partial charge is 0.273 e. The minimum Gasteiger partial charge on any atom is -0.292 e. The van der Waals surface area contributed by atoms with E-state index in [-0.39, 0.29) is 29.7 Å². The predicted octanol–water partition coefficient (Wildman–Crippen LogP) is 5.28. The molecule has 2 aromatic rings. The number of imide groups is 1. The second kappa shape index (κ2) is 9.26. The molecule has 5 aliphatic rings. The Kier molecular flexibility index (Phi) is 6.17. The predicted molar refractivity (Wildman–Crippen MR) is 139 cm³/mol. The van der Waals surface area contributed by atoms with E-state index in [0.29, 0.717) is 27.4 Å². The lowest BCUT2D eigenvalue weighted by molar-refractivity contribution is -0.157. The van der Waals surface area contributed by atoms with Gasteiger partial charge in [0.2, 0.25) is 0 Å². The Morgan fingerprint density at radius 3 is 1.81 bits per heavy atom. The van der Waals surface area contributed by atoms with E-state index in [9.17, 15) is 19.2 Å². The molecule has 0 unspecified atom stereocenters. The summed E-state index contributed by atoms with van der Waals surface area (Å²) in [6, 6.07) is 11.2. The van der Waals surface area contributed by atoms with Crippen molar-refractivity contribution in [2.75, 3.05) is 5.88 Å². The maximum absolute atomic E-state index is 14.0. The van der Waals surface area contributed by atoms with Crippen molar-refractivity contribution in [2.45, 2.75) is 18.9 Å². The number of ketones is 1. The fraction of sp³-hybridized carbons (Fsp3) is 0.357. The molecule has 7 atom stereocenters. The molecule has 9 heteroatoms. The number of rotatable bonds is 7. The quantitative estimate of drug-likeness (QED) is 0.201. The molecule has 3 fully saturated rings. The molecule has 1 saturated heterocycles. The highest BCUT2D eigenvalue weighted by atomic mass is 35.5. The van der Waals surface area contributed by atoms with Gasteiger partial charge in [0.05, 0.1) is 11.8 Å². The van der Waals surface area contributed by atoms with Crippen molar-refractivity contribution in [3.63, 3.8) is 0 Å². The molecular formula is C28H23Cl3N2O4. The molecule has 4 aliphatic carbocycles. The number of amides is 3. The second-order valence-electron chi connectivity index (χ2n) is 10.2. The number of benzene rings is 2. The fourth-order valence-electron chi connectivity index (χ4n) is 6.52. The minimum atomic E-state index is -1.17. The third-order valence-corrected chi connectivity index (χ3v) is 8.99. The van der Waals surface area contributed by atoms with Crippen LogP contribution in [0.15, 0.2) is 60.7 Å². The molecule has 0 radical (unpaired) electrons. The van der Waals surface area contributed by atoms with Gasteiger partial charge in [-0.1, -0.05) is 35.4 Å². The van der Waals surface area contributed by atoms with Crippen LogP contribution < -0.4 is 0 Å². The first-order valence-electron chi connectivity index (χ1n) is 12.3. The Labute approximate surface area is 229 Å². The molecule has 190 valence electrons. The zero-order valence-corrected chi connectivity index (χ0v) is 21.9. The summed E-state index contributed by atoms with van der Waals surface area (Å²) in [4.78, 5) is 55.7. The monoisotopic (exact) mass is 556 g/mol. The van der Waals surface area contributed by atoms with E-state index in [4.69, 9.17) is 34.8 Å². The molecule has 2 aromatic carbocycles. The van der Waals surface area contributed by atoms with E-state index in [1.807, 2.05) is 0 Å². The lowest BCUT2D eigenvalue weighted by Crippen LogP contribution is -2.57. The summed E-state index contributed by atoms with van der Waals surface area (Å²) in [5.74, 6) is -2.16. The van der Waals surface area contributed by atoms with Crippen LogP contribution in [0.2, 0.25) is 10.0 Å². The first-order chi connectivity index (χ1) is 17.8. The van der Waals surface area contributed by atoms with Crippen LogP contribution in [-0.4, -0.2) is 45.4 Å². The van der Waals surface area contributed by atoms with Crippen molar-refractivity contribution < 1.29 is 19.2 Å². The number of Topliss-reactive ketones (excluding diaryl/α,β-unsaturated/α-hetero) is 1. The van der Waals surface area contributed by atoms with Crippen molar-refractivity contribution in [2.24, 2.45) is 35.5 Å².